The van der Waals surface area contributed by atoms with Crippen molar-refractivity contribution in [3.63, 3.8) is 0 Å². The lowest BCUT2D eigenvalue weighted by molar-refractivity contribution is 0.0768. The van der Waals surface area contributed by atoms with Crippen molar-refractivity contribution in [2.24, 2.45) is 17.6 Å². The summed E-state index contributed by atoms with van der Waals surface area (Å²) in [5.41, 5.74) is 9.42. The molecule has 2 amide bonds. The Morgan fingerprint density at radius 1 is 1.03 bits per heavy atom. The quantitative estimate of drug-likeness (QED) is 0.805. The topological polar surface area (TPSA) is 66.6 Å². The molecule has 2 saturated heterocycles. The second kappa shape index (κ2) is 8.60. The number of nitrogens with two attached hydrogens (primary N) is 1. The molecule has 1 radical (unpaired) electrons. The number of amides is 2. The summed E-state index contributed by atoms with van der Waals surface area (Å²) in [6, 6.07) is 14.1. The van der Waals surface area contributed by atoms with Crippen LogP contribution in [0.25, 0.3) is 0 Å². The number of likely N-dealkylation sites (tertiary alicyclic amines) is 2. The average molecular weight is 405 g/mol. The highest BCUT2D eigenvalue weighted by atomic mass is 16.2. The molecule has 2 aliphatic heterocycles. The molecule has 2 atom stereocenters. The van der Waals surface area contributed by atoms with Gasteiger partial charge in [0.25, 0.3) is 5.91 Å². The summed E-state index contributed by atoms with van der Waals surface area (Å²) in [4.78, 5) is 29.6. The molecule has 157 valence electrons. The monoisotopic (exact) mass is 404 g/mol. The fourth-order valence-electron chi connectivity index (χ4n) is 5.05. The number of rotatable bonds is 6. The lowest BCUT2D eigenvalue weighted by Gasteiger charge is -2.23. The molecule has 2 aliphatic rings. The lowest BCUT2D eigenvalue weighted by atomic mass is 9.97. The highest BCUT2D eigenvalue weighted by Gasteiger charge is 2.42. The van der Waals surface area contributed by atoms with Crippen LogP contribution in [0.3, 0.4) is 0 Å². The number of carbonyl (C=O) groups excluding carboxylic acids is 2. The molecule has 4 rings (SSSR count). The molecule has 30 heavy (non-hydrogen) atoms. The number of carbonyl (C=O) groups is 2. The Morgan fingerprint density at radius 3 is 2.33 bits per heavy atom. The molecule has 5 heteroatoms. The first-order chi connectivity index (χ1) is 14.4. The van der Waals surface area contributed by atoms with E-state index in [1.54, 1.807) is 6.07 Å². The van der Waals surface area contributed by atoms with Crippen LogP contribution in [0, 0.1) is 32.1 Å². The van der Waals surface area contributed by atoms with Crippen LogP contribution in [-0.4, -0.2) is 54.3 Å². The van der Waals surface area contributed by atoms with Gasteiger partial charge in [-0.15, -0.1) is 0 Å². The fraction of sp³-hybridized carbons (Fsp3) is 0.400. The standard InChI is InChI=1S/C25H30N3O2/c1-17-11-18(2)23(22(12-17)24(26)29)25(30)28-15-20-13-27(14-21(20)16-28)10-6-9-19-7-4-3-5-8-19/h3-5,7-9,11-12,20-21H,6,10,13-16H2,1-2H3,(H2,26,29)/t20-,21?/m0/s1. The second-order valence-corrected chi connectivity index (χ2v) is 8.76. The van der Waals surface area contributed by atoms with Crippen molar-refractivity contribution in [1.29, 1.82) is 0 Å². The number of hydrogen-bond donors (Lipinski definition) is 1. The zero-order chi connectivity index (χ0) is 21.3. The van der Waals surface area contributed by atoms with Gasteiger partial charge in [-0.2, -0.15) is 0 Å². The van der Waals surface area contributed by atoms with Crippen molar-refractivity contribution in [2.75, 3.05) is 32.7 Å². The molecule has 0 aromatic heterocycles. The van der Waals surface area contributed by atoms with E-state index in [0.29, 0.717) is 23.0 Å². The largest absolute Gasteiger partial charge is 0.366 e. The summed E-state index contributed by atoms with van der Waals surface area (Å²) >= 11 is 0. The van der Waals surface area contributed by atoms with E-state index in [2.05, 4.69) is 35.6 Å². The highest BCUT2D eigenvalue weighted by molar-refractivity contribution is 6.07. The van der Waals surface area contributed by atoms with Gasteiger partial charge in [-0.25, -0.2) is 0 Å². The van der Waals surface area contributed by atoms with Gasteiger partial charge in [-0.05, 0) is 62.3 Å². The summed E-state index contributed by atoms with van der Waals surface area (Å²) in [6.45, 7) is 8.44. The number of hydrogen-bond acceptors (Lipinski definition) is 3. The maximum Gasteiger partial charge on any atom is 0.254 e. The molecule has 5 nitrogen and oxygen atoms in total. The summed E-state index contributed by atoms with van der Waals surface area (Å²) < 4.78 is 0. The van der Waals surface area contributed by atoms with Crippen LogP contribution < -0.4 is 5.73 Å². The van der Waals surface area contributed by atoms with Gasteiger partial charge in [-0.1, -0.05) is 42.0 Å². The van der Waals surface area contributed by atoms with Gasteiger partial charge in [-0.3, -0.25) is 9.59 Å². The third-order valence-corrected chi connectivity index (χ3v) is 6.43. The van der Waals surface area contributed by atoms with E-state index < -0.39 is 5.91 Å². The molecule has 1 unspecified atom stereocenters. The summed E-state index contributed by atoms with van der Waals surface area (Å²) in [5, 5.41) is 0. The maximum atomic E-state index is 13.2. The van der Waals surface area contributed by atoms with Gasteiger partial charge in [0.05, 0.1) is 11.1 Å². The van der Waals surface area contributed by atoms with E-state index in [9.17, 15) is 9.59 Å². The Labute approximate surface area is 178 Å². The first-order valence-electron chi connectivity index (χ1n) is 10.7. The van der Waals surface area contributed by atoms with Crippen molar-refractivity contribution in [2.45, 2.75) is 20.3 Å². The SMILES string of the molecule is Cc1cc(C)c(C(=O)N2CC3CN(CC[CH]c4ccccc4)C[C@H]3C2)c(C(N)=O)c1. The van der Waals surface area contributed by atoms with E-state index >= 15 is 0 Å². The molecular weight excluding hydrogens is 374 g/mol. The molecular formula is C25H30N3O2. The van der Waals surface area contributed by atoms with Crippen molar-refractivity contribution in [3.8, 4) is 0 Å². The highest BCUT2D eigenvalue weighted by Crippen LogP contribution is 2.33. The zero-order valence-corrected chi connectivity index (χ0v) is 17.8. The Kier molecular flexibility index (Phi) is 5.91. The average Bonchev–Trinajstić information content (AvgIpc) is 3.26. The molecule has 2 N–H and O–H groups in total. The molecule has 2 aromatic rings. The zero-order valence-electron chi connectivity index (χ0n) is 17.8. The van der Waals surface area contributed by atoms with Crippen LogP contribution in [0.1, 0.15) is 43.8 Å². The van der Waals surface area contributed by atoms with E-state index in [1.807, 2.05) is 30.9 Å². The second-order valence-electron chi connectivity index (χ2n) is 8.76. The molecule has 2 aromatic carbocycles. The molecule has 2 heterocycles. The Bertz CT molecular complexity index is 927. The van der Waals surface area contributed by atoms with Crippen LogP contribution in [0.2, 0.25) is 0 Å². The van der Waals surface area contributed by atoms with Crippen LogP contribution in [-0.2, 0) is 0 Å². The van der Waals surface area contributed by atoms with Gasteiger partial charge in [0, 0.05) is 26.2 Å². The van der Waals surface area contributed by atoms with Crippen molar-refractivity contribution < 1.29 is 9.59 Å². The first-order valence-corrected chi connectivity index (χ1v) is 10.7. The van der Waals surface area contributed by atoms with Gasteiger partial charge in [0.15, 0.2) is 0 Å². The predicted octanol–water partition coefficient (Wildman–Crippen LogP) is 3.05. The normalized spacial score (nSPS) is 21.1. The minimum Gasteiger partial charge on any atom is -0.366 e. The van der Waals surface area contributed by atoms with Crippen molar-refractivity contribution in [3.05, 3.63) is 76.7 Å². The third kappa shape index (κ3) is 4.26. The smallest absolute Gasteiger partial charge is 0.254 e. The Balaban J connectivity index is 1.34. The van der Waals surface area contributed by atoms with Crippen molar-refractivity contribution in [1.82, 2.24) is 9.80 Å². The van der Waals surface area contributed by atoms with Gasteiger partial charge in [0.1, 0.15) is 0 Å². The van der Waals surface area contributed by atoms with E-state index in [0.717, 1.165) is 50.3 Å². The molecule has 0 saturated carbocycles. The third-order valence-electron chi connectivity index (χ3n) is 6.43. The van der Waals surface area contributed by atoms with E-state index in [1.165, 1.54) is 5.56 Å². The number of benzene rings is 2. The number of primary amides is 1. The van der Waals surface area contributed by atoms with Crippen LogP contribution >= 0.6 is 0 Å². The molecule has 2 fully saturated rings. The van der Waals surface area contributed by atoms with Crippen LogP contribution in [0.4, 0.5) is 0 Å². The maximum absolute atomic E-state index is 13.2. The number of nitrogens with zero attached hydrogens (tertiary/aromatic N) is 2. The van der Waals surface area contributed by atoms with Gasteiger partial charge < -0.3 is 15.5 Å². The Hall–Kier alpha value is -2.66. The number of fused-ring (bicyclic) bond motifs is 1. The molecule has 0 bridgehead atoms. The fourth-order valence-corrected chi connectivity index (χ4v) is 5.05. The minimum absolute atomic E-state index is 0.0559. The van der Waals surface area contributed by atoms with Gasteiger partial charge in [0.2, 0.25) is 5.91 Å². The van der Waals surface area contributed by atoms with Crippen LogP contribution in [0.15, 0.2) is 42.5 Å². The van der Waals surface area contributed by atoms with Gasteiger partial charge >= 0.3 is 0 Å². The van der Waals surface area contributed by atoms with E-state index in [-0.39, 0.29) is 5.91 Å². The molecule has 0 spiro atoms. The molecule has 0 aliphatic carbocycles. The number of aryl methyl sites for hydroxylation is 2. The van der Waals surface area contributed by atoms with Crippen LogP contribution in [0.5, 0.6) is 0 Å². The lowest BCUT2D eigenvalue weighted by Crippen LogP contribution is -2.35. The summed E-state index contributed by atoms with van der Waals surface area (Å²) in [6.07, 6.45) is 3.33. The summed E-state index contributed by atoms with van der Waals surface area (Å²) in [5.74, 6) is 0.423. The van der Waals surface area contributed by atoms with Crippen molar-refractivity contribution >= 4 is 11.8 Å². The first kappa shape index (κ1) is 20.6. The predicted molar refractivity (Wildman–Crippen MR) is 118 cm³/mol. The van der Waals surface area contributed by atoms with E-state index in [4.69, 9.17) is 5.73 Å². The minimum atomic E-state index is -0.537. The summed E-state index contributed by atoms with van der Waals surface area (Å²) in [7, 11) is 0. The Morgan fingerprint density at radius 2 is 1.70 bits per heavy atom.